The zero-order chi connectivity index (χ0) is 19.4. The van der Waals surface area contributed by atoms with Crippen LogP contribution in [0.4, 0.5) is 5.13 Å². The number of methoxy groups -OCH3 is 1. The normalized spacial score (nSPS) is 10.8. The van der Waals surface area contributed by atoms with Crippen LogP contribution in [0.3, 0.4) is 0 Å². The summed E-state index contributed by atoms with van der Waals surface area (Å²) in [7, 11) is 5.70. The SMILES string of the molecule is COc1ccc2sc(N(CCCN(C)C)C(=O)c3ccccc3Br)nc2c1.Cl. The van der Waals surface area contributed by atoms with Gasteiger partial charge in [-0.15, -0.1) is 12.4 Å². The summed E-state index contributed by atoms with van der Waals surface area (Å²) in [4.78, 5) is 21.9. The van der Waals surface area contributed by atoms with Crippen LogP contribution in [0, 0.1) is 0 Å². The minimum absolute atomic E-state index is 0. The van der Waals surface area contributed by atoms with Crippen molar-refractivity contribution in [1.29, 1.82) is 0 Å². The van der Waals surface area contributed by atoms with Gasteiger partial charge in [0.1, 0.15) is 5.75 Å². The van der Waals surface area contributed by atoms with Crippen molar-refractivity contribution in [1.82, 2.24) is 9.88 Å². The largest absolute Gasteiger partial charge is 0.497 e. The lowest BCUT2D eigenvalue weighted by molar-refractivity contribution is 0.0985. The summed E-state index contributed by atoms with van der Waals surface area (Å²) in [6.45, 7) is 1.51. The molecule has 0 aliphatic carbocycles. The van der Waals surface area contributed by atoms with E-state index < -0.39 is 0 Å². The summed E-state index contributed by atoms with van der Waals surface area (Å²) in [6.07, 6.45) is 0.864. The molecular weight excluding hydrogens is 462 g/mol. The summed E-state index contributed by atoms with van der Waals surface area (Å²) in [6, 6.07) is 13.3. The van der Waals surface area contributed by atoms with Crippen molar-refractivity contribution in [2.75, 3.05) is 39.2 Å². The highest BCUT2D eigenvalue weighted by Gasteiger charge is 2.22. The fourth-order valence-electron chi connectivity index (χ4n) is 2.75. The summed E-state index contributed by atoms with van der Waals surface area (Å²) >= 11 is 5.02. The highest BCUT2D eigenvalue weighted by atomic mass is 79.9. The number of carbonyl (C=O) groups excluding carboxylic acids is 1. The second kappa shape index (κ2) is 10.2. The fraction of sp³-hybridized carbons (Fsp3) is 0.300. The summed E-state index contributed by atoms with van der Waals surface area (Å²) in [5, 5.41) is 0.706. The van der Waals surface area contributed by atoms with E-state index in [1.807, 2.05) is 56.6 Å². The molecule has 0 aliphatic heterocycles. The molecule has 3 rings (SSSR count). The molecule has 0 atom stereocenters. The van der Waals surface area contributed by atoms with Crippen LogP contribution in [0.25, 0.3) is 10.2 Å². The highest BCUT2D eigenvalue weighted by molar-refractivity contribution is 9.10. The quantitative estimate of drug-likeness (QED) is 0.469. The number of hydrogen-bond donors (Lipinski definition) is 0. The maximum absolute atomic E-state index is 13.3. The third-order valence-electron chi connectivity index (χ3n) is 4.15. The number of nitrogens with zero attached hydrogens (tertiary/aromatic N) is 3. The summed E-state index contributed by atoms with van der Waals surface area (Å²) in [5.41, 5.74) is 1.48. The Labute approximate surface area is 183 Å². The summed E-state index contributed by atoms with van der Waals surface area (Å²) in [5.74, 6) is 0.711. The second-order valence-electron chi connectivity index (χ2n) is 6.42. The van der Waals surface area contributed by atoms with Crippen LogP contribution < -0.4 is 9.64 Å². The van der Waals surface area contributed by atoms with Crippen molar-refractivity contribution < 1.29 is 9.53 Å². The van der Waals surface area contributed by atoms with Crippen LogP contribution in [0.1, 0.15) is 16.8 Å². The number of hydrogen-bond acceptors (Lipinski definition) is 5. The van der Waals surface area contributed by atoms with Crippen LogP contribution in [-0.2, 0) is 0 Å². The van der Waals surface area contributed by atoms with Gasteiger partial charge in [-0.1, -0.05) is 23.5 Å². The third-order valence-corrected chi connectivity index (χ3v) is 5.90. The Morgan fingerprint density at radius 2 is 1.93 bits per heavy atom. The molecule has 0 fully saturated rings. The molecule has 1 aromatic heterocycles. The molecule has 0 spiro atoms. The van der Waals surface area contributed by atoms with Gasteiger partial charge in [-0.3, -0.25) is 9.69 Å². The van der Waals surface area contributed by atoms with Crippen molar-refractivity contribution in [3.05, 3.63) is 52.5 Å². The third kappa shape index (κ3) is 5.23. The molecule has 3 aromatic rings. The monoisotopic (exact) mass is 483 g/mol. The Hall–Kier alpha value is -1.67. The molecule has 1 heterocycles. The molecule has 28 heavy (non-hydrogen) atoms. The molecule has 0 radical (unpaired) electrons. The van der Waals surface area contributed by atoms with Crippen molar-refractivity contribution in [3.8, 4) is 5.75 Å². The molecule has 150 valence electrons. The number of thiazole rings is 1. The van der Waals surface area contributed by atoms with Gasteiger partial charge >= 0.3 is 0 Å². The standard InChI is InChI=1S/C20H22BrN3O2S.ClH/c1-23(2)11-6-12-24(19(25)15-7-4-5-8-16(15)21)20-22-17-13-14(26-3)9-10-18(17)27-20;/h4-5,7-10,13H,6,11-12H2,1-3H3;1H. The number of benzene rings is 2. The lowest BCUT2D eigenvalue weighted by Gasteiger charge is -2.21. The Morgan fingerprint density at radius 1 is 1.18 bits per heavy atom. The predicted octanol–water partition coefficient (Wildman–Crippen LogP) is 5.09. The molecule has 0 saturated heterocycles. The number of anilines is 1. The highest BCUT2D eigenvalue weighted by Crippen LogP contribution is 2.32. The minimum atomic E-state index is -0.0488. The zero-order valence-corrected chi connectivity index (χ0v) is 19.2. The van der Waals surface area contributed by atoms with Gasteiger partial charge in [-0.25, -0.2) is 4.98 Å². The van der Waals surface area contributed by atoms with E-state index in [-0.39, 0.29) is 18.3 Å². The maximum atomic E-state index is 13.3. The molecule has 1 amide bonds. The first-order valence-corrected chi connectivity index (χ1v) is 10.3. The molecule has 8 heteroatoms. The van der Waals surface area contributed by atoms with E-state index in [9.17, 15) is 4.79 Å². The van der Waals surface area contributed by atoms with Crippen molar-refractivity contribution in [2.24, 2.45) is 0 Å². The van der Waals surface area contributed by atoms with Gasteiger partial charge in [-0.2, -0.15) is 0 Å². The second-order valence-corrected chi connectivity index (χ2v) is 8.29. The molecule has 0 N–H and O–H groups in total. The van der Waals surface area contributed by atoms with E-state index >= 15 is 0 Å². The van der Waals surface area contributed by atoms with Gasteiger partial charge in [-0.05, 0) is 67.3 Å². The van der Waals surface area contributed by atoms with Crippen LogP contribution in [-0.4, -0.2) is 50.1 Å². The number of carbonyl (C=O) groups is 1. The number of fused-ring (bicyclic) bond motifs is 1. The predicted molar refractivity (Wildman–Crippen MR) is 122 cm³/mol. The van der Waals surface area contributed by atoms with Crippen molar-refractivity contribution in [3.63, 3.8) is 0 Å². The molecule has 5 nitrogen and oxygen atoms in total. The average Bonchev–Trinajstić information content (AvgIpc) is 3.07. The van der Waals surface area contributed by atoms with Crippen molar-refractivity contribution >= 4 is 60.9 Å². The topological polar surface area (TPSA) is 45.7 Å². The van der Waals surface area contributed by atoms with Gasteiger partial charge in [0, 0.05) is 17.1 Å². The van der Waals surface area contributed by atoms with E-state index in [0.29, 0.717) is 17.2 Å². The number of aromatic nitrogens is 1. The maximum Gasteiger partial charge on any atom is 0.261 e. The Morgan fingerprint density at radius 3 is 2.61 bits per heavy atom. The fourth-order valence-corrected chi connectivity index (χ4v) is 4.17. The van der Waals surface area contributed by atoms with Gasteiger partial charge in [0.2, 0.25) is 0 Å². The summed E-state index contributed by atoms with van der Waals surface area (Å²) < 4.78 is 7.11. The van der Waals surface area contributed by atoms with Crippen LogP contribution in [0.5, 0.6) is 5.75 Å². The van der Waals surface area contributed by atoms with Gasteiger partial charge in [0.25, 0.3) is 5.91 Å². The molecule has 0 aliphatic rings. The van der Waals surface area contributed by atoms with E-state index in [1.165, 1.54) is 11.3 Å². The van der Waals surface area contributed by atoms with Crippen molar-refractivity contribution in [2.45, 2.75) is 6.42 Å². The molecule has 0 bridgehead atoms. The first-order valence-electron chi connectivity index (χ1n) is 8.65. The number of ether oxygens (including phenoxy) is 1. The van der Waals surface area contributed by atoms with E-state index in [4.69, 9.17) is 9.72 Å². The minimum Gasteiger partial charge on any atom is -0.497 e. The Kier molecular flexibility index (Phi) is 8.24. The first-order chi connectivity index (χ1) is 13.0. The molecule has 2 aromatic carbocycles. The van der Waals surface area contributed by atoms with Gasteiger partial charge < -0.3 is 9.64 Å². The number of halogens is 2. The van der Waals surface area contributed by atoms with Crippen LogP contribution in [0.15, 0.2) is 46.9 Å². The molecule has 0 saturated carbocycles. The zero-order valence-electron chi connectivity index (χ0n) is 16.0. The van der Waals surface area contributed by atoms with E-state index in [1.54, 1.807) is 12.0 Å². The Balaban J connectivity index is 0.00000280. The molecular formula is C20H23BrClN3O2S. The average molecular weight is 485 g/mol. The lowest BCUT2D eigenvalue weighted by Crippen LogP contribution is -2.33. The van der Waals surface area contributed by atoms with Gasteiger partial charge in [0.05, 0.1) is 22.9 Å². The van der Waals surface area contributed by atoms with Gasteiger partial charge in [0.15, 0.2) is 5.13 Å². The number of rotatable bonds is 7. The van der Waals surface area contributed by atoms with Crippen LogP contribution in [0.2, 0.25) is 0 Å². The first kappa shape index (κ1) is 22.6. The Bertz CT molecular complexity index is 948. The molecule has 0 unspecified atom stereocenters. The van der Waals surface area contributed by atoms with Crippen LogP contribution >= 0.6 is 39.7 Å². The van der Waals surface area contributed by atoms with E-state index in [2.05, 4.69) is 20.8 Å². The number of amides is 1. The lowest BCUT2D eigenvalue weighted by atomic mass is 10.2. The van der Waals surface area contributed by atoms with E-state index in [0.717, 1.165) is 33.4 Å². The smallest absolute Gasteiger partial charge is 0.261 e.